The number of H-pyrrole nitrogens is 1. The molecule has 0 spiro atoms. The molecule has 1 atom stereocenters. The number of aromatic amines is 1. The first-order valence-electron chi connectivity index (χ1n) is 12.7. The first-order chi connectivity index (χ1) is 17.5. The van der Waals surface area contributed by atoms with E-state index in [0.717, 1.165) is 56.9 Å². The Bertz CT molecular complexity index is 1090. The number of aromatic nitrogens is 2. The summed E-state index contributed by atoms with van der Waals surface area (Å²) in [4.78, 5) is 30.1. The number of ether oxygens (including phenoxy) is 1. The van der Waals surface area contributed by atoms with Gasteiger partial charge in [-0.3, -0.25) is 14.8 Å². The van der Waals surface area contributed by atoms with Crippen LogP contribution in [0, 0.1) is 17.2 Å². The van der Waals surface area contributed by atoms with Gasteiger partial charge in [-0.1, -0.05) is 6.92 Å². The van der Waals surface area contributed by atoms with Crippen LogP contribution in [-0.2, 0) is 17.7 Å². The second kappa shape index (κ2) is 12.0. The molecule has 1 aromatic carbocycles. The van der Waals surface area contributed by atoms with Crippen LogP contribution in [0.3, 0.4) is 0 Å². The van der Waals surface area contributed by atoms with Gasteiger partial charge in [-0.05, 0) is 56.4 Å². The topological polar surface area (TPSA) is 126 Å². The van der Waals surface area contributed by atoms with E-state index in [1.807, 2.05) is 17.9 Å². The molecule has 2 aliphatic heterocycles. The fourth-order valence-electron chi connectivity index (χ4n) is 4.92. The monoisotopic (exact) mass is 493 g/mol. The average Bonchev–Trinajstić information content (AvgIpc) is 3.29. The average molecular weight is 494 g/mol. The molecule has 10 nitrogen and oxygen atoms in total. The number of nitriles is 1. The number of hydrogen-bond acceptors (Lipinski definition) is 6. The maximum absolute atomic E-state index is 13.1. The van der Waals surface area contributed by atoms with Gasteiger partial charge in [0.2, 0.25) is 0 Å². The van der Waals surface area contributed by atoms with Gasteiger partial charge in [-0.2, -0.15) is 10.4 Å². The zero-order chi connectivity index (χ0) is 25.5. The molecule has 0 aliphatic carbocycles. The van der Waals surface area contributed by atoms with E-state index in [1.165, 1.54) is 0 Å². The third kappa shape index (κ3) is 6.22. The molecule has 3 amide bonds. The van der Waals surface area contributed by atoms with Crippen LogP contribution < -0.4 is 10.6 Å². The van der Waals surface area contributed by atoms with Crippen molar-refractivity contribution in [3.63, 3.8) is 0 Å². The lowest BCUT2D eigenvalue weighted by molar-refractivity contribution is 0.0376. The molecule has 3 heterocycles. The number of rotatable bonds is 7. The molecule has 0 saturated carbocycles. The number of hydrogen-bond donors (Lipinski definition) is 3. The Morgan fingerprint density at radius 3 is 2.64 bits per heavy atom. The lowest BCUT2D eigenvalue weighted by Crippen LogP contribution is -2.57. The van der Waals surface area contributed by atoms with Crippen LogP contribution in [0.4, 0.5) is 10.6 Å². The van der Waals surface area contributed by atoms with Gasteiger partial charge in [-0.25, -0.2) is 4.79 Å². The molecule has 2 saturated heterocycles. The van der Waals surface area contributed by atoms with Gasteiger partial charge in [0.25, 0.3) is 5.91 Å². The van der Waals surface area contributed by atoms with Gasteiger partial charge >= 0.3 is 6.03 Å². The summed E-state index contributed by atoms with van der Waals surface area (Å²) in [5.74, 6) is 0.754. The smallest absolute Gasteiger partial charge is 0.317 e. The summed E-state index contributed by atoms with van der Waals surface area (Å²) in [5.41, 5.74) is 2.54. The molecule has 192 valence electrons. The lowest BCUT2D eigenvalue weighted by atomic mass is 9.99. The summed E-state index contributed by atoms with van der Waals surface area (Å²) in [5, 5.41) is 22.0. The predicted octanol–water partition coefficient (Wildman–Crippen LogP) is 2.74. The van der Waals surface area contributed by atoms with Crippen molar-refractivity contribution < 1.29 is 14.3 Å². The third-order valence-corrected chi connectivity index (χ3v) is 7.06. The van der Waals surface area contributed by atoms with Crippen molar-refractivity contribution in [3.8, 4) is 6.07 Å². The van der Waals surface area contributed by atoms with E-state index in [9.17, 15) is 9.59 Å². The second-order valence-electron chi connectivity index (χ2n) is 9.54. The normalized spacial score (nSPS) is 19.0. The van der Waals surface area contributed by atoms with Crippen LogP contribution in [0.5, 0.6) is 0 Å². The van der Waals surface area contributed by atoms with E-state index in [2.05, 4.69) is 32.7 Å². The minimum Gasteiger partial charge on any atom is -0.381 e. The van der Waals surface area contributed by atoms with Crippen LogP contribution in [0.15, 0.2) is 24.3 Å². The standard InChI is InChI=1S/C26H35N7O3/c1-3-23-22(24(31-30-23)29-25(34)21-6-4-19(14-27)5-7-21)15-28-26(35)33-11-10-32(16-18(33)2)17-20-8-12-36-13-9-20/h4-7,18,20H,3,8-13,15-17H2,1-2H3,(H,28,35)(H2,29,30,31,34)/t18-/m0/s1. The van der Waals surface area contributed by atoms with Gasteiger partial charge in [0.05, 0.1) is 18.2 Å². The number of amides is 3. The van der Waals surface area contributed by atoms with Crippen molar-refractivity contribution in [3.05, 3.63) is 46.6 Å². The van der Waals surface area contributed by atoms with Gasteiger partial charge in [0.15, 0.2) is 5.82 Å². The summed E-state index contributed by atoms with van der Waals surface area (Å²) >= 11 is 0. The molecule has 36 heavy (non-hydrogen) atoms. The highest BCUT2D eigenvalue weighted by atomic mass is 16.5. The Morgan fingerprint density at radius 2 is 1.97 bits per heavy atom. The zero-order valence-electron chi connectivity index (χ0n) is 21.0. The van der Waals surface area contributed by atoms with E-state index in [4.69, 9.17) is 10.00 Å². The Kier molecular flexibility index (Phi) is 8.57. The van der Waals surface area contributed by atoms with Crippen molar-refractivity contribution in [1.82, 2.24) is 25.3 Å². The van der Waals surface area contributed by atoms with Crippen molar-refractivity contribution >= 4 is 17.8 Å². The summed E-state index contributed by atoms with van der Waals surface area (Å²) < 4.78 is 5.47. The number of piperazine rings is 1. The van der Waals surface area contributed by atoms with Crippen molar-refractivity contribution in [2.75, 3.05) is 44.7 Å². The van der Waals surface area contributed by atoms with Gasteiger partial charge in [0, 0.05) is 62.3 Å². The van der Waals surface area contributed by atoms with E-state index in [1.54, 1.807) is 24.3 Å². The largest absolute Gasteiger partial charge is 0.381 e. The Balaban J connectivity index is 1.32. The van der Waals surface area contributed by atoms with E-state index in [0.29, 0.717) is 35.8 Å². The molecule has 0 radical (unpaired) electrons. The Labute approximate surface area is 212 Å². The lowest BCUT2D eigenvalue weighted by Gasteiger charge is -2.41. The number of nitrogens with one attached hydrogen (secondary N) is 3. The number of carbonyl (C=O) groups is 2. The molecule has 4 rings (SSSR count). The summed E-state index contributed by atoms with van der Waals surface area (Å²) in [6, 6.07) is 8.45. The molecular formula is C26H35N7O3. The molecule has 2 fully saturated rings. The number of urea groups is 1. The van der Waals surface area contributed by atoms with E-state index < -0.39 is 0 Å². The van der Waals surface area contributed by atoms with E-state index in [-0.39, 0.29) is 24.5 Å². The zero-order valence-corrected chi connectivity index (χ0v) is 21.0. The van der Waals surface area contributed by atoms with Crippen LogP contribution in [0.2, 0.25) is 0 Å². The molecule has 0 unspecified atom stereocenters. The van der Waals surface area contributed by atoms with E-state index >= 15 is 0 Å². The number of benzene rings is 1. The predicted molar refractivity (Wildman–Crippen MR) is 135 cm³/mol. The van der Waals surface area contributed by atoms with Crippen molar-refractivity contribution in [2.24, 2.45) is 5.92 Å². The highest BCUT2D eigenvalue weighted by Gasteiger charge is 2.29. The molecule has 1 aromatic heterocycles. The SMILES string of the molecule is CCc1[nH]nc(NC(=O)c2ccc(C#N)cc2)c1CNC(=O)N1CCN(CC2CCOCC2)C[C@@H]1C. The van der Waals surface area contributed by atoms with Crippen molar-refractivity contribution in [1.29, 1.82) is 5.26 Å². The van der Waals surface area contributed by atoms with Gasteiger partial charge in [0.1, 0.15) is 0 Å². The third-order valence-electron chi connectivity index (χ3n) is 7.06. The fourth-order valence-corrected chi connectivity index (χ4v) is 4.92. The number of anilines is 1. The first-order valence-corrected chi connectivity index (χ1v) is 12.7. The first kappa shape index (κ1) is 25.7. The number of aryl methyl sites for hydroxylation is 1. The Morgan fingerprint density at radius 1 is 1.22 bits per heavy atom. The minimum atomic E-state index is -0.324. The molecular weight excluding hydrogens is 458 g/mol. The van der Waals surface area contributed by atoms with Crippen LogP contribution >= 0.6 is 0 Å². The van der Waals surface area contributed by atoms with Crippen molar-refractivity contribution in [2.45, 2.75) is 45.7 Å². The highest BCUT2D eigenvalue weighted by Crippen LogP contribution is 2.21. The maximum atomic E-state index is 13.1. The second-order valence-corrected chi connectivity index (χ2v) is 9.54. The summed E-state index contributed by atoms with van der Waals surface area (Å²) in [7, 11) is 0. The quantitative estimate of drug-likeness (QED) is 0.544. The fraction of sp³-hybridized carbons (Fsp3) is 0.538. The van der Waals surface area contributed by atoms with Gasteiger partial charge < -0.3 is 20.3 Å². The maximum Gasteiger partial charge on any atom is 0.317 e. The summed E-state index contributed by atoms with van der Waals surface area (Å²) in [6.45, 7) is 9.54. The Hall–Kier alpha value is -3.42. The molecule has 2 aliphatic rings. The molecule has 10 heteroatoms. The molecule has 2 aromatic rings. The number of nitrogens with zero attached hydrogens (tertiary/aromatic N) is 4. The van der Waals surface area contributed by atoms with Crippen LogP contribution in [0.25, 0.3) is 0 Å². The highest BCUT2D eigenvalue weighted by molar-refractivity contribution is 6.04. The van der Waals surface area contributed by atoms with Gasteiger partial charge in [-0.15, -0.1) is 0 Å². The summed E-state index contributed by atoms with van der Waals surface area (Å²) in [6.07, 6.45) is 2.92. The van der Waals surface area contributed by atoms with Crippen LogP contribution in [-0.4, -0.2) is 77.4 Å². The van der Waals surface area contributed by atoms with Crippen LogP contribution in [0.1, 0.15) is 53.9 Å². The number of carbonyl (C=O) groups excluding carboxylic acids is 2. The minimum absolute atomic E-state index is 0.110. The molecule has 3 N–H and O–H groups in total. The molecule has 0 bridgehead atoms.